The Hall–Kier alpha value is -3.49. The molecule has 1 fully saturated rings. The number of nitrogen functional groups attached to an aromatic ring is 1. The monoisotopic (exact) mass is 414 g/mol. The van der Waals surface area contributed by atoms with Crippen LogP contribution in [0.2, 0.25) is 0 Å². The first kappa shape index (κ1) is 19.5. The zero-order chi connectivity index (χ0) is 21.6. The maximum Gasteiger partial charge on any atom is 0.219 e. The summed E-state index contributed by atoms with van der Waals surface area (Å²) >= 11 is 0. The summed E-state index contributed by atoms with van der Waals surface area (Å²) in [7, 11) is 0. The fraction of sp³-hybridized carbons (Fsp3) is 0.261. The van der Waals surface area contributed by atoms with Gasteiger partial charge in [-0.25, -0.2) is 20.4 Å². The third kappa shape index (κ3) is 3.49. The number of rotatable bonds is 3. The SMILES string of the molecule is CC(C)(C)n1c(-c2ccccc2N2CCNN2)nc2cc(-c3cnc(N)nc3)ccc21. The van der Waals surface area contributed by atoms with Gasteiger partial charge in [-0.3, -0.25) is 5.01 Å². The Morgan fingerprint density at radius 2 is 1.77 bits per heavy atom. The van der Waals surface area contributed by atoms with Crippen LogP contribution in [-0.4, -0.2) is 32.6 Å². The van der Waals surface area contributed by atoms with Crippen LogP contribution in [0.3, 0.4) is 0 Å². The van der Waals surface area contributed by atoms with Gasteiger partial charge in [0.15, 0.2) is 0 Å². The Balaban J connectivity index is 1.71. The summed E-state index contributed by atoms with van der Waals surface area (Å²) in [5.74, 6) is 1.21. The van der Waals surface area contributed by atoms with Crippen molar-refractivity contribution in [1.82, 2.24) is 30.5 Å². The van der Waals surface area contributed by atoms with Crippen molar-refractivity contribution in [3.05, 3.63) is 54.9 Å². The van der Waals surface area contributed by atoms with Gasteiger partial charge in [0.05, 0.1) is 16.7 Å². The van der Waals surface area contributed by atoms with Crippen LogP contribution in [0.15, 0.2) is 54.9 Å². The highest BCUT2D eigenvalue weighted by Crippen LogP contribution is 2.37. The van der Waals surface area contributed by atoms with E-state index in [9.17, 15) is 0 Å². The Kier molecular flexibility index (Phi) is 4.60. The van der Waals surface area contributed by atoms with Crippen LogP contribution in [0, 0.1) is 0 Å². The van der Waals surface area contributed by atoms with Gasteiger partial charge in [-0.05, 0) is 50.6 Å². The van der Waals surface area contributed by atoms with Gasteiger partial charge in [-0.1, -0.05) is 18.2 Å². The number of aromatic nitrogens is 4. The van der Waals surface area contributed by atoms with Crippen LogP contribution in [0.5, 0.6) is 0 Å². The minimum Gasteiger partial charge on any atom is -0.368 e. The van der Waals surface area contributed by atoms with Gasteiger partial charge in [-0.2, -0.15) is 5.53 Å². The summed E-state index contributed by atoms with van der Waals surface area (Å²) in [5.41, 5.74) is 18.0. The molecule has 5 rings (SSSR count). The van der Waals surface area contributed by atoms with Crippen LogP contribution in [0.4, 0.5) is 11.6 Å². The molecule has 0 spiro atoms. The fourth-order valence-electron chi connectivity index (χ4n) is 4.06. The normalized spacial score (nSPS) is 14.5. The lowest BCUT2D eigenvalue weighted by atomic mass is 10.0. The lowest BCUT2D eigenvalue weighted by Gasteiger charge is -2.27. The lowest BCUT2D eigenvalue weighted by Crippen LogP contribution is -2.36. The van der Waals surface area contributed by atoms with Crippen LogP contribution in [0.25, 0.3) is 33.5 Å². The van der Waals surface area contributed by atoms with Gasteiger partial charge in [-0.15, -0.1) is 0 Å². The van der Waals surface area contributed by atoms with Crippen molar-refractivity contribution in [3.63, 3.8) is 0 Å². The molecule has 1 saturated heterocycles. The molecule has 0 saturated carbocycles. The van der Waals surface area contributed by atoms with Gasteiger partial charge in [0.2, 0.25) is 5.95 Å². The van der Waals surface area contributed by atoms with Crippen molar-refractivity contribution in [2.75, 3.05) is 23.8 Å². The number of fused-ring (bicyclic) bond motifs is 1. The van der Waals surface area contributed by atoms with E-state index in [0.717, 1.165) is 52.3 Å². The third-order valence-electron chi connectivity index (χ3n) is 5.44. The molecule has 158 valence electrons. The van der Waals surface area contributed by atoms with E-state index in [1.165, 1.54) is 0 Å². The summed E-state index contributed by atoms with van der Waals surface area (Å²) in [6.07, 6.45) is 3.49. The first-order chi connectivity index (χ1) is 14.9. The van der Waals surface area contributed by atoms with Crippen molar-refractivity contribution < 1.29 is 0 Å². The molecule has 1 aliphatic heterocycles. The molecule has 4 N–H and O–H groups in total. The predicted octanol–water partition coefficient (Wildman–Crippen LogP) is 3.33. The molecule has 0 aliphatic carbocycles. The highest BCUT2D eigenvalue weighted by Gasteiger charge is 2.26. The Morgan fingerprint density at radius 3 is 2.48 bits per heavy atom. The quantitative estimate of drug-likeness (QED) is 0.473. The highest BCUT2D eigenvalue weighted by atomic mass is 15.7. The molecule has 4 aromatic rings. The number of imidazole rings is 1. The van der Waals surface area contributed by atoms with Crippen molar-refractivity contribution >= 4 is 22.7 Å². The second-order valence-corrected chi connectivity index (χ2v) is 8.68. The van der Waals surface area contributed by atoms with E-state index >= 15 is 0 Å². The molecule has 1 aliphatic rings. The van der Waals surface area contributed by atoms with E-state index in [2.05, 4.69) is 93.7 Å². The lowest BCUT2D eigenvalue weighted by molar-refractivity contribution is 0.413. The number of nitrogens with one attached hydrogen (secondary N) is 2. The Bertz CT molecular complexity index is 1230. The minimum atomic E-state index is -0.153. The van der Waals surface area contributed by atoms with Crippen molar-refractivity contribution in [2.24, 2.45) is 0 Å². The average molecular weight is 415 g/mol. The van der Waals surface area contributed by atoms with Crippen LogP contribution in [-0.2, 0) is 5.54 Å². The zero-order valence-corrected chi connectivity index (χ0v) is 17.9. The van der Waals surface area contributed by atoms with Gasteiger partial charge >= 0.3 is 0 Å². The van der Waals surface area contributed by atoms with E-state index < -0.39 is 0 Å². The molecule has 0 atom stereocenters. The molecule has 3 heterocycles. The van der Waals surface area contributed by atoms with E-state index in [1.54, 1.807) is 12.4 Å². The summed E-state index contributed by atoms with van der Waals surface area (Å²) in [6, 6.07) is 14.7. The Labute approximate surface area is 181 Å². The van der Waals surface area contributed by atoms with Crippen LogP contribution < -0.4 is 21.7 Å². The Morgan fingerprint density at radius 1 is 1.00 bits per heavy atom. The van der Waals surface area contributed by atoms with Crippen molar-refractivity contribution in [1.29, 1.82) is 0 Å². The largest absolute Gasteiger partial charge is 0.368 e. The number of hydrogen-bond acceptors (Lipinski definition) is 7. The maximum atomic E-state index is 5.65. The second-order valence-electron chi connectivity index (χ2n) is 8.68. The topological polar surface area (TPSA) is 96.9 Å². The van der Waals surface area contributed by atoms with Gasteiger partial charge in [0.25, 0.3) is 0 Å². The smallest absolute Gasteiger partial charge is 0.219 e. The molecule has 31 heavy (non-hydrogen) atoms. The molecule has 0 amide bonds. The number of anilines is 2. The summed E-state index contributed by atoms with van der Waals surface area (Å²) in [5, 5.41) is 2.12. The fourth-order valence-corrected chi connectivity index (χ4v) is 4.06. The number of hydrogen-bond donors (Lipinski definition) is 3. The van der Waals surface area contributed by atoms with Crippen molar-refractivity contribution in [2.45, 2.75) is 26.3 Å². The average Bonchev–Trinajstić information content (AvgIpc) is 3.41. The van der Waals surface area contributed by atoms with E-state index in [4.69, 9.17) is 10.7 Å². The van der Waals surface area contributed by atoms with E-state index in [0.29, 0.717) is 0 Å². The molecule has 2 aromatic carbocycles. The van der Waals surface area contributed by atoms with Crippen LogP contribution >= 0.6 is 0 Å². The minimum absolute atomic E-state index is 0.153. The molecule has 0 radical (unpaired) electrons. The number of benzene rings is 2. The summed E-state index contributed by atoms with van der Waals surface area (Å²) in [6.45, 7) is 8.39. The zero-order valence-electron chi connectivity index (χ0n) is 17.9. The molecule has 8 heteroatoms. The molecule has 8 nitrogen and oxygen atoms in total. The first-order valence-electron chi connectivity index (χ1n) is 10.4. The van der Waals surface area contributed by atoms with Crippen LogP contribution in [0.1, 0.15) is 20.8 Å². The van der Waals surface area contributed by atoms with Crippen molar-refractivity contribution in [3.8, 4) is 22.5 Å². The maximum absolute atomic E-state index is 5.65. The molecule has 2 aromatic heterocycles. The highest BCUT2D eigenvalue weighted by molar-refractivity contribution is 5.88. The number of nitrogens with two attached hydrogens (primary N) is 1. The predicted molar refractivity (Wildman–Crippen MR) is 124 cm³/mol. The van der Waals surface area contributed by atoms with Gasteiger partial charge in [0, 0.05) is 42.1 Å². The third-order valence-corrected chi connectivity index (χ3v) is 5.44. The standard InChI is InChI=1S/C23H26N8/c1-23(2,3)31-20-9-8-15(16-13-25-22(24)26-14-16)12-18(20)28-21(31)17-6-4-5-7-19(17)30-11-10-27-29-30/h4-9,12-14,27,29H,10-11H2,1-3H3,(H2,24,25,26). The number of nitrogens with zero attached hydrogens (tertiary/aromatic N) is 5. The molecule has 0 unspecified atom stereocenters. The van der Waals surface area contributed by atoms with Gasteiger partial charge < -0.3 is 10.3 Å². The van der Waals surface area contributed by atoms with Gasteiger partial charge in [0.1, 0.15) is 5.82 Å². The van der Waals surface area contributed by atoms with E-state index in [1.807, 2.05) is 0 Å². The number of para-hydroxylation sites is 1. The number of hydrazine groups is 2. The molecular formula is C23H26N8. The van der Waals surface area contributed by atoms with E-state index in [-0.39, 0.29) is 11.5 Å². The second kappa shape index (κ2) is 7.33. The summed E-state index contributed by atoms with van der Waals surface area (Å²) in [4.78, 5) is 13.4. The summed E-state index contributed by atoms with van der Waals surface area (Å²) < 4.78 is 2.31. The molecular weight excluding hydrogens is 388 g/mol. The molecule has 0 bridgehead atoms. The first-order valence-corrected chi connectivity index (χ1v) is 10.4.